The van der Waals surface area contributed by atoms with E-state index in [9.17, 15) is 0 Å². The molecule has 0 amide bonds. The van der Waals surface area contributed by atoms with Gasteiger partial charge in [0.2, 0.25) is 5.95 Å². The van der Waals surface area contributed by atoms with Crippen LogP contribution in [-0.2, 0) is 11.8 Å². The van der Waals surface area contributed by atoms with E-state index < -0.39 is 0 Å². The van der Waals surface area contributed by atoms with Crippen LogP contribution in [0.5, 0.6) is 0 Å². The minimum Gasteiger partial charge on any atom is -0.381 e. The van der Waals surface area contributed by atoms with Crippen molar-refractivity contribution >= 4 is 17.0 Å². The molecule has 1 aromatic heterocycles. The highest BCUT2D eigenvalue weighted by Gasteiger charge is 2.05. The Morgan fingerprint density at radius 1 is 1.32 bits per heavy atom. The summed E-state index contributed by atoms with van der Waals surface area (Å²) in [6.07, 6.45) is 0.996. The molecular formula is C15H23N3O. The molecule has 0 spiro atoms. The number of anilines is 1. The van der Waals surface area contributed by atoms with Gasteiger partial charge in [-0.15, -0.1) is 0 Å². The summed E-state index contributed by atoms with van der Waals surface area (Å²) in [6.45, 7) is 6.85. The largest absolute Gasteiger partial charge is 0.381 e. The summed E-state index contributed by atoms with van der Waals surface area (Å²) in [5, 5.41) is 3.36. The molecule has 0 atom stereocenters. The normalized spacial score (nSPS) is 11.4. The minimum atomic E-state index is 0.604. The van der Waals surface area contributed by atoms with Crippen molar-refractivity contribution in [3.63, 3.8) is 0 Å². The lowest BCUT2D eigenvalue weighted by Crippen LogP contribution is -2.10. The molecule has 19 heavy (non-hydrogen) atoms. The zero-order valence-electron chi connectivity index (χ0n) is 12.0. The van der Waals surface area contributed by atoms with E-state index in [0.717, 1.165) is 43.2 Å². The van der Waals surface area contributed by atoms with E-state index in [-0.39, 0.29) is 0 Å². The van der Waals surface area contributed by atoms with Gasteiger partial charge in [0.25, 0.3) is 0 Å². The Labute approximate surface area is 114 Å². The van der Waals surface area contributed by atoms with Gasteiger partial charge >= 0.3 is 0 Å². The second kappa shape index (κ2) is 6.57. The van der Waals surface area contributed by atoms with E-state index >= 15 is 0 Å². The number of aromatic nitrogens is 2. The lowest BCUT2D eigenvalue weighted by atomic mass is 10.2. The first kappa shape index (κ1) is 13.9. The number of imidazole rings is 1. The maximum absolute atomic E-state index is 5.55. The van der Waals surface area contributed by atoms with Gasteiger partial charge in [-0.25, -0.2) is 4.98 Å². The number of hydrogen-bond acceptors (Lipinski definition) is 3. The topological polar surface area (TPSA) is 39.1 Å². The summed E-state index contributed by atoms with van der Waals surface area (Å²) < 4.78 is 7.64. The summed E-state index contributed by atoms with van der Waals surface area (Å²) in [6, 6.07) is 8.16. The van der Waals surface area contributed by atoms with Gasteiger partial charge in [0.15, 0.2) is 0 Å². The Bertz CT molecular complexity index is 519. The molecule has 104 valence electrons. The van der Waals surface area contributed by atoms with Crippen LogP contribution in [0, 0.1) is 5.92 Å². The first-order chi connectivity index (χ1) is 9.18. The Morgan fingerprint density at radius 3 is 2.84 bits per heavy atom. The van der Waals surface area contributed by atoms with Gasteiger partial charge in [-0.3, -0.25) is 0 Å². The van der Waals surface area contributed by atoms with Crippen molar-refractivity contribution in [2.75, 3.05) is 25.1 Å². The quantitative estimate of drug-likeness (QED) is 0.779. The van der Waals surface area contributed by atoms with E-state index in [4.69, 9.17) is 4.74 Å². The van der Waals surface area contributed by atoms with Gasteiger partial charge in [0.1, 0.15) is 0 Å². The lowest BCUT2D eigenvalue weighted by molar-refractivity contribution is 0.110. The fourth-order valence-corrected chi connectivity index (χ4v) is 2.00. The number of nitrogens with zero attached hydrogens (tertiary/aromatic N) is 2. The number of rotatable bonds is 7. The first-order valence-electron chi connectivity index (χ1n) is 6.91. The molecule has 0 bridgehead atoms. The zero-order valence-corrected chi connectivity index (χ0v) is 12.0. The Kier molecular flexibility index (Phi) is 4.80. The molecule has 2 aromatic rings. The maximum atomic E-state index is 5.55. The van der Waals surface area contributed by atoms with E-state index in [1.165, 1.54) is 0 Å². The van der Waals surface area contributed by atoms with Crippen molar-refractivity contribution in [2.24, 2.45) is 13.0 Å². The van der Waals surface area contributed by atoms with Crippen molar-refractivity contribution in [1.29, 1.82) is 0 Å². The Hall–Kier alpha value is -1.55. The van der Waals surface area contributed by atoms with Gasteiger partial charge in [-0.2, -0.15) is 0 Å². The molecule has 0 saturated carbocycles. The molecule has 0 aliphatic heterocycles. The van der Waals surface area contributed by atoms with Crippen molar-refractivity contribution in [2.45, 2.75) is 20.3 Å². The molecule has 0 saturated heterocycles. The van der Waals surface area contributed by atoms with Crippen LogP contribution in [0.2, 0.25) is 0 Å². The summed E-state index contributed by atoms with van der Waals surface area (Å²) in [5.74, 6) is 1.53. The number of ether oxygens (including phenoxy) is 1. The van der Waals surface area contributed by atoms with Crippen molar-refractivity contribution < 1.29 is 4.74 Å². The average molecular weight is 261 g/mol. The van der Waals surface area contributed by atoms with E-state index in [1.54, 1.807) is 0 Å². The highest BCUT2D eigenvalue weighted by molar-refractivity contribution is 5.78. The molecule has 0 radical (unpaired) electrons. The third-order valence-electron chi connectivity index (χ3n) is 2.99. The zero-order chi connectivity index (χ0) is 13.7. The third kappa shape index (κ3) is 3.70. The first-order valence-corrected chi connectivity index (χ1v) is 6.91. The fourth-order valence-electron chi connectivity index (χ4n) is 2.00. The maximum Gasteiger partial charge on any atom is 0.203 e. The molecule has 1 N–H and O–H groups in total. The second-order valence-corrected chi connectivity index (χ2v) is 5.23. The van der Waals surface area contributed by atoms with Crippen molar-refractivity contribution in [1.82, 2.24) is 9.55 Å². The van der Waals surface area contributed by atoms with E-state index in [0.29, 0.717) is 5.92 Å². The monoisotopic (exact) mass is 261 g/mol. The Balaban J connectivity index is 1.80. The summed E-state index contributed by atoms with van der Waals surface area (Å²) in [4.78, 5) is 4.57. The van der Waals surface area contributed by atoms with Gasteiger partial charge in [0, 0.05) is 26.8 Å². The highest BCUT2D eigenvalue weighted by atomic mass is 16.5. The van der Waals surface area contributed by atoms with E-state index in [2.05, 4.69) is 34.8 Å². The second-order valence-electron chi connectivity index (χ2n) is 5.23. The molecule has 4 nitrogen and oxygen atoms in total. The molecular weight excluding hydrogens is 238 g/mol. The predicted octanol–water partition coefficient (Wildman–Crippen LogP) is 3.05. The molecule has 2 rings (SSSR count). The van der Waals surface area contributed by atoms with Crippen LogP contribution >= 0.6 is 0 Å². The van der Waals surface area contributed by atoms with Crippen LogP contribution in [0.25, 0.3) is 11.0 Å². The molecule has 0 unspecified atom stereocenters. The van der Waals surface area contributed by atoms with Crippen LogP contribution in [0.4, 0.5) is 5.95 Å². The number of nitrogens with one attached hydrogen (secondary N) is 1. The van der Waals surface area contributed by atoms with Gasteiger partial charge in [-0.1, -0.05) is 26.0 Å². The SMILES string of the molecule is CC(C)COCCCNc1nc2ccccc2n1C. The highest BCUT2D eigenvalue weighted by Crippen LogP contribution is 2.17. The van der Waals surface area contributed by atoms with Gasteiger partial charge < -0.3 is 14.6 Å². The van der Waals surface area contributed by atoms with Crippen LogP contribution in [0.1, 0.15) is 20.3 Å². The average Bonchev–Trinajstić information content (AvgIpc) is 2.71. The molecule has 4 heteroatoms. The summed E-state index contributed by atoms with van der Waals surface area (Å²) in [5.41, 5.74) is 2.18. The van der Waals surface area contributed by atoms with Crippen LogP contribution in [0.3, 0.4) is 0 Å². The van der Waals surface area contributed by atoms with Crippen LogP contribution in [-0.4, -0.2) is 29.3 Å². The standard InChI is InChI=1S/C15H23N3O/c1-12(2)11-19-10-6-9-16-15-17-13-7-4-5-8-14(13)18(15)3/h4-5,7-8,12H,6,9-11H2,1-3H3,(H,16,17). The molecule has 0 fully saturated rings. The fraction of sp³-hybridized carbons (Fsp3) is 0.533. The van der Waals surface area contributed by atoms with Gasteiger partial charge in [-0.05, 0) is 24.5 Å². The van der Waals surface area contributed by atoms with Crippen LogP contribution < -0.4 is 5.32 Å². The summed E-state index contributed by atoms with van der Waals surface area (Å²) >= 11 is 0. The minimum absolute atomic E-state index is 0.604. The van der Waals surface area contributed by atoms with Crippen molar-refractivity contribution in [3.05, 3.63) is 24.3 Å². The Morgan fingerprint density at radius 2 is 2.11 bits per heavy atom. The van der Waals surface area contributed by atoms with Crippen LogP contribution in [0.15, 0.2) is 24.3 Å². The number of para-hydroxylation sites is 2. The molecule has 1 heterocycles. The van der Waals surface area contributed by atoms with Crippen molar-refractivity contribution in [3.8, 4) is 0 Å². The molecule has 0 aliphatic carbocycles. The summed E-state index contributed by atoms with van der Waals surface area (Å²) in [7, 11) is 2.03. The number of fused-ring (bicyclic) bond motifs is 1. The third-order valence-corrected chi connectivity index (χ3v) is 2.99. The van der Waals surface area contributed by atoms with E-state index in [1.807, 2.05) is 25.2 Å². The van der Waals surface area contributed by atoms with Gasteiger partial charge in [0.05, 0.1) is 11.0 Å². The molecule has 0 aliphatic rings. The number of hydrogen-bond donors (Lipinski definition) is 1. The number of benzene rings is 1. The molecule has 1 aromatic carbocycles. The lowest BCUT2D eigenvalue weighted by Gasteiger charge is -2.08. The smallest absolute Gasteiger partial charge is 0.203 e. The number of aryl methyl sites for hydroxylation is 1. The predicted molar refractivity (Wildman–Crippen MR) is 79.5 cm³/mol.